The molecule has 0 fully saturated rings. The molecule has 0 aromatic carbocycles. The van der Waals surface area contributed by atoms with Crippen LogP contribution in [0.25, 0.3) is 5.65 Å². The smallest absolute Gasteiger partial charge is 0.256 e. The maximum absolute atomic E-state index is 12.9. The van der Waals surface area contributed by atoms with Crippen LogP contribution >= 0.6 is 0 Å². The van der Waals surface area contributed by atoms with E-state index in [1.807, 2.05) is 45.8 Å². The van der Waals surface area contributed by atoms with Gasteiger partial charge in [0.1, 0.15) is 17.2 Å². The summed E-state index contributed by atoms with van der Waals surface area (Å²) < 4.78 is 7.39. The zero-order valence-electron chi connectivity index (χ0n) is 27.3. The summed E-state index contributed by atoms with van der Waals surface area (Å²) in [6, 6.07) is 1.77. The van der Waals surface area contributed by atoms with E-state index in [2.05, 4.69) is 31.3 Å². The molecule has 0 saturated heterocycles. The Morgan fingerprint density at radius 3 is 2.56 bits per heavy atom. The first-order valence-electron chi connectivity index (χ1n) is 15.0. The van der Waals surface area contributed by atoms with E-state index in [0.717, 1.165) is 12.8 Å². The number of hydrogen-bond acceptors (Lipinski definition) is 11. The Morgan fingerprint density at radius 2 is 1.91 bits per heavy atom. The minimum absolute atomic E-state index is 0.0815. The Hall–Kier alpha value is -4.01. The van der Waals surface area contributed by atoms with E-state index < -0.39 is 5.41 Å². The molecule has 0 spiro atoms. The molecule has 0 saturated carbocycles. The summed E-state index contributed by atoms with van der Waals surface area (Å²) in [5, 5.41) is 34.7. The molecule has 1 atom stereocenters. The van der Waals surface area contributed by atoms with Gasteiger partial charge in [-0.3, -0.25) is 14.4 Å². The number of amides is 2. The molecule has 0 aliphatic carbocycles. The molecule has 250 valence electrons. The molecule has 2 heterocycles. The van der Waals surface area contributed by atoms with Crippen molar-refractivity contribution in [1.29, 1.82) is 0 Å². The van der Waals surface area contributed by atoms with Crippen LogP contribution in [-0.4, -0.2) is 108 Å². The minimum Gasteiger partial charge on any atom is -0.396 e. The van der Waals surface area contributed by atoms with Gasteiger partial charge in [0.05, 0.1) is 18.5 Å². The number of hydrogen-bond donors (Lipinski definition) is 6. The number of allylic oxidation sites excluding steroid dienone is 3. The van der Waals surface area contributed by atoms with Gasteiger partial charge in [-0.2, -0.15) is 9.61 Å². The summed E-state index contributed by atoms with van der Waals surface area (Å²) in [6.07, 6.45) is 10.1. The number of ether oxygens (including phenoxy) is 1. The van der Waals surface area contributed by atoms with E-state index in [1.165, 1.54) is 10.7 Å². The van der Waals surface area contributed by atoms with E-state index in [4.69, 9.17) is 4.74 Å². The summed E-state index contributed by atoms with van der Waals surface area (Å²) in [7, 11) is 3.64. The van der Waals surface area contributed by atoms with Gasteiger partial charge in [0.15, 0.2) is 11.9 Å². The van der Waals surface area contributed by atoms with Crippen LogP contribution in [0.15, 0.2) is 36.3 Å². The minimum atomic E-state index is -0.486. The van der Waals surface area contributed by atoms with Gasteiger partial charge in [-0.15, -0.1) is 0 Å². The Labute approximate surface area is 265 Å². The van der Waals surface area contributed by atoms with E-state index >= 15 is 0 Å². The molecule has 2 rings (SSSR count). The van der Waals surface area contributed by atoms with Crippen LogP contribution in [0.5, 0.6) is 0 Å². The molecule has 2 aromatic rings. The van der Waals surface area contributed by atoms with Crippen molar-refractivity contribution in [3.8, 4) is 0 Å². The molecule has 2 aromatic heterocycles. The largest absolute Gasteiger partial charge is 0.396 e. The van der Waals surface area contributed by atoms with Crippen molar-refractivity contribution < 1.29 is 29.3 Å². The fourth-order valence-electron chi connectivity index (χ4n) is 4.31. The first-order valence-corrected chi connectivity index (χ1v) is 15.0. The summed E-state index contributed by atoms with van der Waals surface area (Å²) in [6.45, 7) is 9.53. The number of rotatable bonds is 22. The first-order chi connectivity index (χ1) is 21.4. The summed E-state index contributed by atoms with van der Waals surface area (Å²) in [5.74, 6) is 0.506. The number of carbonyl (C=O) groups excluding carboxylic acids is 3. The monoisotopic (exact) mass is 630 g/mol. The van der Waals surface area contributed by atoms with Gasteiger partial charge in [0.2, 0.25) is 6.41 Å². The third-order valence-electron chi connectivity index (χ3n) is 7.15. The summed E-state index contributed by atoms with van der Waals surface area (Å²) in [5.41, 5.74) is 0.116. The number of aldehydes is 1. The van der Waals surface area contributed by atoms with Gasteiger partial charge in [-0.25, -0.2) is 4.98 Å². The van der Waals surface area contributed by atoms with Gasteiger partial charge in [0, 0.05) is 69.9 Å². The Balaban J connectivity index is 2.13. The number of anilines is 2. The van der Waals surface area contributed by atoms with E-state index in [1.54, 1.807) is 25.3 Å². The maximum atomic E-state index is 12.9. The molecular weight excluding hydrogens is 580 g/mol. The lowest BCUT2D eigenvalue weighted by Gasteiger charge is -2.28. The van der Waals surface area contributed by atoms with Crippen LogP contribution in [0, 0.1) is 10.8 Å². The highest BCUT2D eigenvalue weighted by atomic mass is 16.5. The predicted octanol–water partition coefficient (Wildman–Crippen LogP) is 1.78. The normalized spacial score (nSPS) is 13.1. The number of aromatic nitrogens is 3. The van der Waals surface area contributed by atoms with Crippen molar-refractivity contribution in [3.63, 3.8) is 0 Å². The van der Waals surface area contributed by atoms with E-state index in [-0.39, 0.29) is 48.4 Å². The molecule has 0 bridgehead atoms. The second kappa shape index (κ2) is 18.1. The lowest BCUT2D eigenvalue weighted by Crippen LogP contribution is -2.36. The highest BCUT2D eigenvalue weighted by Crippen LogP contribution is 2.21. The standard InChI is InChI=1S/C31H50N8O6/c1-30(2,20-42)19-34-29(44)25-16-35-39-27(32-5)15-26(37-28(25)39)36-23(17-41)9-7-12-38(6)24(10-8-13-40)11-14-45-21-31(3,4)18-33-22-43/h7,9,12,15-17,22,24,32,40,42H,8,10-11,13-14,18-21H2,1-6H3,(H,33,43)(H,34,44)(H,36,37)/b12-7-,23-9+. The predicted molar refractivity (Wildman–Crippen MR) is 174 cm³/mol. The summed E-state index contributed by atoms with van der Waals surface area (Å²) >= 11 is 0. The molecule has 0 aliphatic rings. The Bertz CT molecular complexity index is 1310. The Morgan fingerprint density at radius 1 is 1.16 bits per heavy atom. The van der Waals surface area contributed by atoms with Crippen LogP contribution in [0.2, 0.25) is 0 Å². The van der Waals surface area contributed by atoms with Gasteiger partial charge < -0.3 is 41.1 Å². The van der Waals surface area contributed by atoms with Gasteiger partial charge >= 0.3 is 0 Å². The molecule has 0 radical (unpaired) electrons. The van der Waals surface area contributed by atoms with Crippen LogP contribution in [-0.2, 0) is 14.3 Å². The number of aliphatic hydroxyl groups excluding tert-OH is 2. The van der Waals surface area contributed by atoms with Crippen molar-refractivity contribution in [2.45, 2.75) is 53.0 Å². The number of nitrogens with zero attached hydrogens (tertiary/aromatic N) is 4. The molecule has 0 aliphatic heterocycles. The molecule has 45 heavy (non-hydrogen) atoms. The number of nitrogens with one attached hydrogen (secondary N) is 4. The van der Waals surface area contributed by atoms with Crippen molar-refractivity contribution in [2.24, 2.45) is 10.8 Å². The average Bonchev–Trinajstić information content (AvgIpc) is 3.45. The zero-order valence-corrected chi connectivity index (χ0v) is 27.3. The van der Waals surface area contributed by atoms with Crippen molar-refractivity contribution in [1.82, 2.24) is 30.1 Å². The van der Waals surface area contributed by atoms with E-state index in [9.17, 15) is 24.6 Å². The van der Waals surface area contributed by atoms with Crippen molar-refractivity contribution in [2.75, 3.05) is 64.2 Å². The zero-order chi connectivity index (χ0) is 33.5. The second-order valence-electron chi connectivity index (χ2n) is 12.5. The lowest BCUT2D eigenvalue weighted by atomic mass is 9.95. The fourth-order valence-corrected chi connectivity index (χ4v) is 4.31. The van der Waals surface area contributed by atoms with Crippen LogP contribution in [0.3, 0.4) is 0 Å². The van der Waals surface area contributed by atoms with Crippen LogP contribution < -0.4 is 21.3 Å². The maximum Gasteiger partial charge on any atom is 0.256 e. The van der Waals surface area contributed by atoms with Crippen molar-refractivity contribution >= 4 is 35.9 Å². The highest BCUT2D eigenvalue weighted by Gasteiger charge is 2.22. The number of carbonyl (C=O) groups is 3. The topological polar surface area (TPSA) is 182 Å². The molecule has 6 N–H and O–H groups in total. The molecule has 2 amide bonds. The lowest BCUT2D eigenvalue weighted by molar-refractivity contribution is -0.110. The molecule has 1 unspecified atom stereocenters. The van der Waals surface area contributed by atoms with E-state index in [0.29, 0.717) is 56.2 Å². The third-order valence-corrected chi connectivity index (χ3v) is 7.15. The van der Waals surface area contributed by atoms with Gasteiger partial charge in [-0.1, -0.05) is 27.7 Å². The molecule has 14 nitrogen and oxygen atoms in total. The van der Waals surface area contributed by atoms with Crippen LogP contribution in [0.1, 0.15) is 57.3 Å². The van der Waals surface area contributed by atoms with Crippen LogP contribution in [0.4, 0.5) is 11.6 Å². The Kier molecular flexibility index (Phi) is 14.9. The average molecular weight is 631 g/mol. The first kappa shape index (κ1) is 37.2. The number of aliphatic hydroxyl groups is 2. The SMILES string of the molecule is CNc1cc(N/C(C=O)=C/C=C\N(C)C(CCCO)CCOCC(C)(C)CNC=O)nc2c(C(=O)NCC(C)(C)CO)cnn12. The summed E-state index contributed by atoms with van der Waals surface area (Å²) in [4.78, 5) is 42.0. The van der Waals surface area contributed by atoms with Crippen molar-refractivity contribution in [3.05, 3.63) is 41.9 Å². The highest BCUT2D eigenvalue weighted by molar-refractivity contribution is 6.00. The quantitative estimate of drug-likeness (QED) is 0.0483. The number of fused-ring (bicyclic) bond motifs is 1. The fraction of sp³-hybridized carbons (Fsp3) is 0.581. The molecule has 14 heteroatoms. The van der Waals surface area contributed by atoms with Gasteiger partial charge in [0.25, 0.3) is 5.91 Å². The molecular formula is C31H50N8O6. The second-order valence-corrected chi connectivity index (χ2v) is 12.5. The third kappa shape index (κ3) is 12.1. The van der Waals surface area contributed by atoms with Gasteiger partial charge in [-0.05, 0) is 37.6 Å².